The highest BCUT2D eigenvalue weighted by atomic mass is 32.1. The minimum atomic E-state index is 0.847. The van der Waals surface area contributed by atoms with Crippen LogP contribution in [0.15, 0.2) is 0 Å². The molecular formula is C11H23NS. The van der Waals surface area contributed by atoms with Gasteiger partial charge in [-0.25, -0.2) is 0 Å². The summed E-state index contributed by atoms with van der Waals surface area (Å²) in [4.78, 5) is 2.54. The topological polar surface area (TPSA) is 3.24 Å². The third kappa shape index (κ3) is 3.90. The van der Waals surface area contributed by atoms with E-state index in [4.69, 9.17) is 0 Å². The second-order valence-electron chi connectivity index (χ2n) is 4.47. The summed E-state index contributed by atoms with van der Waals surface area (Å²) in [7, 11) is 2.28. The maximum atomic E-state index is 4.26. The highest BCUT2D eigenvalue weighted by Crippen LogP contribution is 2.24. The third-order valence-electron chi connectivity index (χ3n) is 3.29. The summed E-state index contributed by atoms with van der Waals surface area (Å²) >= 11 is 4.26. The van der Waals surface area contributed by atoms with Gasteiger partial charge in [-0.15, -0.1) is 0 Å². The molecule has 1 atom stereocenters. The summed E-state index contributed by atoms with van der Waals surface area (Å²) in [6.45, 7) is 3.62. The fraction of sp³-hybridized carbons (Fsp3) is 1.00. The Morgan fingerprint density at radius 2 is 2.08 bits per heavy atom. The van der Waals surface area contributed by atoms with E-state index < -0.39 is 0 Å². The van der Waals surface area contributed by atoms with Crippen LogP contribution in [0.4, 0.5) is 0 Å². The van der Waals surface area contributed by atoms with Gasteiger partial charge in [-0.2, -0.15) is 12.6 Å². The van der Waals surface area contributed by atoms with E-state index in [9.17, 15) is 0 Å². The van der Waals surface area contributed by atoms with Crippen LogP contribution in [-0.2, 0) is 0 Å². The molecule has 0 aromatic carbocycles. The zero-order chi connectivity index (χ0) is 9.68. The van der Waals surface area contributed by atoms with Crippen LogP contribution in [0.5, 0.6) is 0 Å². The van der Waals surface area contributed by atoms with Crippen LogP contribution in [0.25, 0.3) is 0 Å². The monoisotopic (exact) mass is 201 g/mol. The van der Waals surface area contributed by atoms with Crippen molar-refractivity contribution in [3.8, 4) is 0 Å². The molecule has 78 valence electrons. The van der Waals surface area contributed by atoms with Gasteiger partial charge in [-0.3, -0.25) is 0 Å². The van der Waals surface area contributed by atoms with Gasteiger partial charge in [-0.05, 0) is 50.9 Å². The first-order valence-electron chi connectivity index (χ1n) is 5.55. The SMILES string of the molecule is CC(CCS)CCN(C)C1CCC1. The Morgan fingerprint density at radius 1 is 1.38 bits per heavy atom. The fourth-order valence-electron chi connectivity index (χ4n) is 1.80. The zero-order valence-electron chi connectivity index (χ0n) is 9.00. The lowest BCUT2D eigenvalue weighted by atomic mass is 9.91. The highest BCUT2D eigenvalue weighted by Gasteiger charge is 2.21. The molecule has 1 aliphatic carbocycles. The second kappa shape index (κ2) is 5.92. The number of hydrogen-bond donors (Lipinski definition) is 1. The Labute approximate surface area is 88.3 Å². The predicted molar refractivity (Wildman–Crippen MR) is 62.5 cm³/mol. The van der Waals surface area contributed by atoms with Gasteiger partial charge in [0.25, 0.3) is 0 Å². The molecule has 0 saturated heterocycles. The Bertz CT molecular complexity index is 134. The minimum absolute atomic E-state index is 0.847. The van der Waals surface area contributed by atoms with Crippen molar-refractivity contribution < 1.29 is 0 Å². The summed E-state index contributed by atoms with van der Waals surface area (Å²) in [5.74, 6) is 1.88. The maximum absolute atomic E-state index is 4.26. The predicted octanol–water partition coefficient (Wildman–Crippen LogP) is 2.82. The first kappa shape index (κ1) is 11.4. The van der Waals surface area contributed by atoms with E-state index >= 15 is 0 Å². The maximum Gasteiger partial charge on any atom is 0.00922 e. The van der Waals surface area contributed by atoms with Crippen molar-refractivity contribution in [1.82, 2.24) is 4.90 Å². The summed E-state index contributed by atoms with van der Waals surface area (Å²) < 4.78 is 0. The molecular weight excluding hydrogens is 178 g/mol. The fourth-order valence-corrected chi connectivity index (χ4v) is 2.24. The van der Waals surface area contributed by atoms with E-state index in [0.29, 0.717) is 0 Å². The van der Waals surface area contributed by atoms with Crippen LogP contribution in [0.2, 0.25) is 0 Å². The van der Waals surface area contributed by atoms with E-state index in [-0.39, 0.29) is 0 Å². The summed E-state index contributed by atoms with van der Waals surface area (Å²) in [5, 5.41) is 0. The van der Waals surface area contributed by atoms with E-state index in [1.54, 1.807) is 0 Å². The molecule has 0 radical (unpaired) electrons. The van der Waals surface area contributed by atoms with Gasteiger partial charge in [0.1, 0.15) is 0 Å². The molecule has 0 N–H and O–H groups in total. The molecule has 0 heterocycles. The normalized spacial score (nSPS) is 20.3. The van der Waals surface area contributed by atoms with Gasteiger partial charge in [0.15, 0.2) is 0 Å². The quantitative estimate of drug-likeness (QED) is 0.647. The van der Waals surface area contributed by atoms with Crippen molar-refractivity contribution in [3.63, 3.8) is 0 Å². The molecule has 1 aliphatic rings. The lowest BCUT2D eigenvalue weighted by Gasteiger charge is -2.35. The van der Waals surface area contributed by atoms with Crippen molar-refractivity contribution >= 4 is 12.6 Å². The van der Waals surface area contributed by atoms with E-state index in [1.165, 1.54) is 38.6 Å². The molecule has 0 amide bonds. The Hall–Kier alpha value is 0.310. The van der Waals surface area contributed by atoms with Crippen LogP contribution in [0.1, 0.15) is 39.0 Å². The standard InChI is InChI=1S/C11H23NS/c1-10(7-9-13)6-8-12(2)11-4-3-5-11/h10-11,13H,3-9H2,1-2H3. The number of thiol groups is 1. The van der Waals surface area contributed by atoms with Crippen molar-refractivity contribution in [1.29, 1.82) is 0 Å². The average Bonchev–Trinajstić information content (AvgIpc) is 1.98. The van der Waals surface area contributed by atoms with Crippen molar-refractivity contribution in [2.75, 3.05) is 19.3 Å². The van der Waals surface area contributed by atoms with Gasteiger partial charge in [0, 0.05) is 6.04 Å². The van der Waals surface area contributed by atoms with Crippen molar-refractivity contribution in [3.05, 3.63) is 0 Å². The van der Waals surface area contributed by atoms with Gasteiger partial charge < -0.3 is 4.90 Å². The van der Waals surface area contributed by atoms with Crippen molar-refractivity contribution in [2.24, 2.45) is 5.92 Å². The van der Waals surface area contributed by atoms with E-state index in [2.05, 4.69) is 31.5 Å². The lowest BCUT2D eigenvalue weighted by Crippen LogP contribution is -2.38. The Morgan fingerprint density at radius 3 is 2.54 bits per heavy atom. The average molecular weight is 201 g/mol. The molecule has 1 saturated carbocycles. The molecule has 0 aromatic rings. The number of rotatable bonds is 6. The second-order valence-corrected chi connectivity index (χ2v) is 4.92. The van der Waals surface area contributed by atoms with E-state index in [0.717, 1.165) is 17.7 Å². The molecule has 1 rings (SSSR count). The molecule has 2 heteroatoms. The molecule has 1 nitrogen and oxygen atoms in total. The largest absolute Gasteiger partial charge is 0.303 e. The van der Waals surface area contributed by atoms with Crippen LogP contribution in [0.3, 0.4) is 0 Å². The summed E-state index contributed by atoms with van der Waals surface area (Å²) in [6.07, 6.45) is 6.91. The van der Waals surface area contributed by atoms with Gasteiger partial charge in [0.2, 0.25) is 0 Å². The minimum Gasteiger partial charge on any atom is -0.303 e. The molecule has 0 spiro atoms. The van der Waals surface area contributed by atoms with Gasteiger partial charge in [0.05, 0.1) is 0 Å². The molecule has 0 aromatic heterocycles. The first-order valence-corrected chi connectivity index (χ1v) is 6.18. The number of hydrogen-bond acceptors (Lipinski definition) is 2. The summed E-state index contributed by atoms with van der Waals surface area (Å²) in [5.41, 5.74) is 0. The molecule has 1 unspecified atom stereocenters. The van der Waals surface area contributed by atoms with Crippen LogP contribution in [0, 0.1) is 5.92 Å². The lowest BCUT2D eigenvalue weighted by molar-refractivity contribution is 0.151. The molecule has 13 heavy (non-hydrogen) atoms. The van der Waals surface area contributed by atoms with Crippen LogP contribution in [-0.4, -0.2) is 30.3 Å². The molecule has 0 aliphatic heterocycles. The first-order chi connectivity index (χ1) is 6.24. The Kier molecular flexibility index (Phi) is 5.18. The van der Waals surface area contributed by atoms with E-state index in [1.807, 2.05) is 0 Å². The third-order valence-corrected chi connectivity index (χ3v) is 3.55. The van der Waals surface area contributed by atoms with Crippen molar-refractivity contribution in [2.45, 2.75) is 45.1 Å². The van der Waals surface area contributed by atoms with Gasteiger partial charge in [-0.1, -0.05) is 13.3 Å². The highest BCUT2D eigenvalue weighted by molar-refractivity contribution is 7.80. The Balaban J connectivity index is 2.03. The van der Waals surface area contributed by atoms with Gasteiger partial charge >= 0.3 is 0 Å². The van der Waals surface area contributed by atoms with Crippen LogP contribution < -0.4 is 0 Å². The van der Waals surface area contributed by atoms with Crippen LogP contribution >= 0.6 is 12.6 Å². The smallest absolute Gasteiger partial charge is 0.00922 e. The number of nitrogens with zero attached hydrogens (tertiary/aromatic N) is 1. The zero-order valence-corrected chi connectivity index (χ0v) is 9.89. The molecule has 0 bridgehead atoms. The molecule has 1 fully saturated rings. The summed E-state index contributed by atoms with van der Waals surface area (Å²) in [6, 6.07) is 0.906.